The zero-order chi connectivity index (χ0) is 24.3. The number of carbonyl (C=O) groups is 1. The minimum atomic E-state index is -0.502. The van der Waals surface area contributed by atoms with Crippen molar-refractivity contribution >= 4 is 45.6 Å². The molecule has 6 heteroatoms. The van der Waals surface area contributed by atoms with Gasteiger partial charge in [0, 0.05) is 17.0 Å². The monoisotopic (exact) mass is 498 g/mol. The molecule has 0 N–H and O–H groups in total. The smallest absolute Gasteiger partial charge is 0.271 e. The lowest BCUT2D eigenvalue weighted by Gasteiger charge is -2.35. The normalized spacial score (nSPS) is 19.5. The summed E-state index contributed by atoms with van der Waals surface area (Å²) >= 11 is 7.54. The summed E-state index contributed by atoms with van der Waals surface area (Å²) < 4.78 is 2.29. The van der Waals surface area contributed by atoms with E-state index in [2.05, 4.69) is 32.0 Å². The largest absolute Gasteiger partial charge is 0.294 e. The van der Waals surface area contributed by atoms with E-state index in [4.69, 9.17) is 16.6 Å². The third-order valence-corrected chi connectivity index (χ3v) is 7.98. The average Bonchev–Trinajstić information content (AvgIpc) is 3.11. The highest BCUT2D eigenvalue weighted by Gasteiger charge is 2.40. The summed E-state index contributed by atoms with van der Waals surface area (Å²) in [4.78, 5) is 32.9. The number of allylic oxidation sites excluding steroid dienone is 2. The van der Waals surface area contributed by atoms with Gasteiger partial charge in [-0.3, -0.25) is 14.2 Å². The Bertz CT molecular complexity index is 1740. The van der Waals surface area contributed by atoms with E-state index in [1.54, 1.807) is 4.57 Å². The van der Waals surface area contributed by atoms with Crippen molar-refractivity contribution in [3.8, 4) is 0 Å². The fourth-order valence-corrected chi connectivity index (χ4v) is 6.50. The molecule has 0 radical (unpaired) electrons. The van der Waals surface area contributed by atoms with Crippen LogP contribution in [0.15, 0.2) is 87.8 Å². The Kier molecular flexibility index (Phi) is 5.17. The van der Waals surface area contributed by atoms with Gasteiger partial charge in [-0.25, -0.2) is 4.99 Å². The van der Waals surface area contributed by atoms with Crippen molar-refractivity contribution in [1.29, 1.82) is 0 Å². The highest BCUT2D eigenvalue weighted by molar-refractivity contribution is 7.07. The first-order chi connectivity index (χ1) is 16.8. The lowest BCUT2D eigenvalue weighted by Crippen LogP contribution is -2.42. The maximum Gasteiger partial charge on any atom is 0.271 e. The van der Waals surface area contributed by atoms with Gasteiger partial charge in [0.2, 0.25) is 0 Å². The Morgan fingerprint density at radius 3 is 2.63 bits per heavy atom. The molecular weight excluding hydrogens is 476 g/mol. The van der Waals surface area contributed by atoms with Crippen LogP contribution in [0.4, 0.5) is 0 Å². The predicted molar refractivity (Wildman–Crippen MR) is 142 cm³/mol. The Hall–Kier alpha value is -3.28. The first-order valence-electron chi connectivity index (χ1n) is 11.6. The number of thiazole rings is 1. The molecule has 1 aromatic heterocycles. The second kappa shape index (κ2) is 8.14. The molecular formula is C29H23ClN2O2S. The molecule has 3 aromatic carbocycles. The third kappa shape index (κ3) is 3.79. The van der Waals surface area contributed by atoms with E-state index in [0.29, 0.717) is 32.8 Å². The molecule has 0 saturated heterocycles. The number of ketones is 1. The van der Waals surface area contributed by atoms with Crippen molar-refractivity contribution in [2.75, 3.05) is 0 Å². The maximum absolute atomic E-state index is 13.8. The molecule has 0 bridgehead atoms. The van der Waals surface area contributed by atoms with Crippen molar-refractivity contribution in [3.05, 3.63) is 114 Å². The van der Waals surface area contributed by atoms with Gasteiger partial charge in [0.1, 0.15) is 0 Å². The number of rotatable bonds is 2. The standard InChI is InChI=1S/C29H23ClN2O2S/c1-29(2)15-22-25(23(33)16-29)26(21-12-6-9-18-8-3-4-11-20(18)21)32-27(34)24(35-28(32)31-22)14-17-7-5-10-19(30)13-17/h3-14,26H,15-16H2,1-2H3. The Morgan fingerprint density at radius 2 is 1.80 bits per heavy atom. The number of hydrogen-bond donors (Lipinski definition) is 0. The first-order valence-corrected chi connectivity index (χ1v) is 12.8. The molecule has 35 heavy (non-hydrogen) atoms. The van der Waals surface area contributed by atoms with Crippen molar-refractivity contribution in [1.82, 2.24) is 4.57 Å². The van der Waals surface area contributed by atoms with Crippen LogP contribution < -0.4 is 14.9 Å². The zero-order valence-corrected chi connectivity index (χ0v) is 21.0. The van der Waals surface area contributed by atoms with Crippen molar-refractivity contribution in [3.63, 3.8) is 0 Å². The predicted octanol–water partition coefficient (Wildman–Crippen LogP) is 5.41. The molecule has 2 heterocycles. The highest BCUT2D eigenvalue weighted by atomic mass is 35.5. The van der Waals surface area contributed by atoms with Crippen LogP contribution in [0.1, 0.15) is 43.9 Å². The summed E-state index contributed by atoms with van der Waals surface area (Å²) in [6, 6.07) is 21.1. The van der Waals surface area contributed by atoms with Gasteiger partial charge in [-0.2, -0.15) is 0 Å². The quantitative estimate of drug-likeness (QED) is 0.371. The van der Waals surface area contributed by atoms with Gasteiger partial charge in [-0.05, 0) is 51.9 Å². The van der Waals surface area contributed by atoms with Gasteiger partial charge in [0.25, 0.3) is 5.56 Å². The summed E-state index contributed by atoms with van der Waals surface area (Å²) in [7, 11) is 0. The van der Waals surface area contributed by atoms with E-state index in [0.717, 1.165) is 27.6 Å². The first kappa shape index (κ1) is 22.2. The van der Waals surface area contributed by atoms with Crippen LogP contribution in [-0.4, -0.2) is 10.4 Å². The molecule has 1 aliphatic carbocycles. The molecule has 174 valence electrons. The zero-order valence-electron chi connectivity index (χ0n) is 19.4. The van der Waals surface area contributed by atoms with Crippen molar-refractivity contribution in [2.45, 2.75) is 32.7 Å². The van der Waals surface area contributed by atoms with Crippen LogP contribution in [0.5, 0.6) is 0 Å². The molecule has 4 aromatic rings. The number of hydrogen-bond acceptors (Lipinski definition) is 4. The molecule has 0 saturated carbocycles. The minimum absolute atomic E-state index is 0.0713. The molecule has 0 fully saturated rings. The van der Waals surface area contributed by atoms with Crippen LogP contribution in [0.2, 0.25) is 5.02 Å². The molecule has 1 aliphatic heterocycles. The summed E-state index contributed by atoms with van der Waals surface area (Å²) in [6.07, 6.45) is 3.00. The number of Topliss-reactive ketones (excluding diaryl/α,β-unsaturated/α-hetero) is 1. The van der Waals surface area contributed by atoms with E-state index < -0.39 is 6.04 Å². The average molecular weight is 499 g/mol. The minimum Gasteiger partial charge on any atom is -0.294 e. The number of nitrogens with zero attached hydrogens (tertiary/aromatic N) is 2. The number of benzene rings is 3. The van der Waals surface area contributed by atoms with E-state index in [-0.39, 0.29) is 16.8 Å². The Morgan fingerprint density at radius 1 is 1.03 bits per heavy atom. The molecule has 0 spiro atoms. The van der Waals surface area contributed by atoms with Gasteiger partial charge in [-0.15, -0.1) is 0 Å². The molecule has 2 aliphatic rings. The number of aromatic nitrogens is 1. The van der Waals surface area contributed by atoms with Crippen LogP contribution >= 0.6 is 22.9 Å². The number of halogens is 1. The molecule has 1 unspecified atom stereocenters. The van der Waals surface area contributed by atoms with Gasteiger partial charge < -0.3 is 0 Å². The highest BCUT2D eigenvalue weighted by Crippen LogP contribution is 2.44. The second-order valence-electron chi connectivity index (χ2n) is 10.0. The lowest BCUT2D eigenvalue weighted by atomic mass is 9.73. The van der Waals surface area contributed by atoms with Crippen LogP contribution in [0, 0.1) is 5.41 Å². The third-order valence-electron chi connectivity index (χ3n) is 6.76. The Balaban J connectivity index is 1.66. The van der Waals surface area contributed by atoms with E-state index in [1.165, 1.54) is 11.3 Å². The molecule has 1 atom stereocenters. The summed E-state index contributed by atoms with van der Waals surface area (Å²) in [5, 5.41) is 2.73. The van der Waals surface area contributed by atoms with Gasteiger partial charge in [0.15, 0.2) is 10.6 Å². The van der Waals surface area contributed by atoms with Gasteiger partial charge in [-0.1, -0.05) is 91.4 Å². The lowest BCUT2D eigenvalue weighted by molar-refractivity contribution is -0.118. The Labute approximate surface area is 211 Å². The maximum atomic E-state index is 13.8. The van der Waals surface area contributed by atoms with Crippen molar-refractivity contribution < 1.29 is 4.79 Å². The second-order valence-corrected chi connectivity index (χ2v) is 11.5. The molecule has 4 nitrogen and oxygen atoms in total. The summed E-state index contributed by atoms with van der Waals surface area (Å²) in [5.74, 6) is 0.0713. The van der Waals surface area contributed by atoms with Crippen LogP contribution in [0.25, 0.3) is 16.8 Å². The van der Waals surface area contributed by atoms with Gasteiger partial charge in [0.05, 0.1) is 16.3 Å². The molecule has 6 rings (SSSR count). The summed E-state index contributed by atoms with van der Waals surface area (Å²) in [6.45, 7) is 4.21. The SMILES string of the molecule is CC1(C)CC(=O)C2=C(C1)N=c1sc(=Cc3cccc(Cl)c3)c(=O)n1C2c1cccc2ccccc12. The summed E-state index contributed by atoms with van der Waals surface area (Å²) in [5.41, 5.74) is 2.95. The van der Waals surface area contributed by atoms with Crippen LogP contribution in [0.3, 0.4) is 0 Å². The topological polar surface area (TPSA) is 51.4 Å². The fourth-order valence-electron chi connectivity index (χ4n) is 5.28. The molecule has 0 amide bonds. The number of carbonyl (C=O) groups excluding carboxylic acids is 1. The van der Waals surface area contributed by atoms with E-state index in [1.807, 2.05) is 54.6 Å². The van der Waals surface area contributed by atoms with E-state index in [9.17, 15) is 9.59 Å². The van der Waals surface area contributed by atoms with Gasteiger partial charge >= 0.3 is 0 Å². The van der Waals surface area contributed by atoms with Crippen LogP contribution in [-0.2, 0) is 4.79 Å². The number of fused-ring (bicyclic) bond motifs is 2. The van der Waals surface area contributed by atoms with E-state index >= 15 is 0 Å². The van der Waals surface area contributed by atoms with Crippen molar-refractivity contribution in [2.24, 2.45) is 10.4 Å². The fraction of sp³-hybridized carbons (Fsp3) is 0.207.